The summed E-state index contributed by atoms with van der Waals surface area (Å²) in [5, 5.41) is 6.25. The first-order chi connectivity index (χ1) is 14.0. The molecule has 2 amide bonds. The average Bonchev–Trinajstić information content (AvgIpc) is 2.67. The number of nitrogens with zero attached hydrogens (tertiary/aromatic N) is 1. The van der Waals surface area contributed by atoms with Crippen molar-refractivity contribution in [1.82, 2.24) is 5.43 Å². The third-order valence-electron chi connectivity index (χ3n) is 3.94. The zero-order valence-corrected chi connectivity index (χ0v) is 17.1. The molecular weight excluding hydrogens is 423 g/mol. The summed E-state index contributed by atoms with van der Waals surface area (Å²) in [7, 11) is 0. The molecule has 0 heterocycles. The van der Waals surface area contributed by atoms with Crippen LogP contribution in [0.5, 0.6) is 5.75 Å². The second-order valence-electron chi connectivity index (χ2n) is 6.38. The third-order valence-corrected chi connectivity index (χ3v) is 4.17. The minimum Gasteiger partial charge on any atom is -0.481 e. The number of rotatable bonds is 6. The molecule has 2 rings (SSSR count). The normalized spacial score (nSPS) is 12.8. The number of hydrogen-bond donors (Lipinski definition) is 2. The summed E-state index contributed by atoms with van der Waals surface area (Å²) < 4.78 is 42.7. The number of carbonyl (C=O) groups excluding carboxylic acids is 2. The Morgan fingerprint density at radius 1 is 1.17 bits per heavy atom. The molecule has 2 aromatic carbocycles. The van der Waals surface area contributed by atoms with Gasteiger partial charge in [0.05, 0.1) is 5.71 Å². The van der Waals surface area contributed by atoms with Gasteiger partial charge in [-0.2, -0.15) is 18.3 Å². The van der Waals surface area contributed by atoms with Crippen LogP contribution in [-0.2, 0) is 9.59 Å². The second-order valence-corrected chi connectivity index (χ2v) is 6.81. The Balaban J connectivity index is 2.02. The maximum absolute atomic E-state index is 12.4. The highest BCUT2D eigenvalue weighted by Crippen LogP contribution is 2.23. The van der Waals surface area contributed by atoms with Crippen molar-refractivity contribution < 1.29 is 27.5 Å². The summed E-state index contributed by atoms with van der Waals surface area (Å²) in [6.45, 7) is 4.89. The number of alkyl halides is 3. The average molecular weight is 442 g/mol. The molecule has 0 aliphatic carbocycles. The third kappa shape index (κ3) is 6.48. The number of nitrogens with one attached hydrogen (secondary N) is 2. The summed E-state index contributed by atoms with van der Waals surface area (Å²) in [5.74, 6) is -2.10. The number of aryl methyl sites for hydroxylation is 1. The van der Waals surface area contributed by atoms with E-state index in [-0.39, 0.29) is 5.69 Å². The van der Waals surface area contributed by atoms with Gasteiger partial charge < -0.3 is 10.1 Å². The molecule has 10 heteroatoms. The number of hydrazone groups is 1. The maximum Gasteiger partial charge on any atom is 0.471 e. The van der Waals surface area contributed by atoms with E-state index >= 15 is 0 Å². The number of halogens is 4. The predicted molar refractivity (Wildman–Crippen MR) is 108 cm³/mol. The topological polar surface area (TPSA) is 79.8 Å². The number of anilines is 1. The van der Waals surface area contributed by atoms with E-state index in [1.807, 2.05) is 0 Å². The van der Waals surface area contributed by atoms with Crippen molar-refractivity contribution in [3.8, 4) is 5.75 Å². The van der Waals surface area contributed by atoms with Crippen molar-refractivity contribution in [3.63, 3.8) is 0 Å². The molecule has 0 saturated heterocycles. The number of carbonyl (C=O) groups is 2. The van der Waals surface area contributed by atoms with Crippen molar-refractivity contribution in [3.05, 3.63) is 58.6 Å². The van der Waals surface area contributed by atoms with Crippen molar-refractivity contribution in [2.75, 3.05) is 5.32 Å². The van der Waals surface area contributed by atoms with Crippen LogP contribution in [0, 0.1) is 6.92 Å². The molecule has 0 saturated carbocycles. The standard InChI is InChI=1S/C20H19ClF3N3O3/c1-11-9-15(21)7-8-17(11)30-13(3)18(28)27-26-12(2)14-5-4-6-16(10-14)25-19(29)20(22,23)24/h4-10,13H,1-3H3,(H,25,29)(H,27,28). The van der Waals surface area contributed by atoms with E-state index in [1.54, 1.807) is 50.4 Å². The molecule has 2 aromatic rings. The van der Waals surface area contributed by atoms with Crippen LogP contribution in [0.25, 0.3) is 0 Å². The lowest BCUT2D eigenvalue weighted by atomic mass is 10.1. The van der Waals surface area contributed by atoms with Gasteiger partial charge in [0.2, 0.25) is 0 Å². The molecule has 0 spiro atoms. The highest BCUT2D eigenvalue weighted by Gasteiger charge is 2.38. The summed E-state index contributed by atoms with van der Waals surface area (Å²) >= 11 is 5.89. The van der Waals surface area contributed by atoms with Crippen molar-refractivity contribution in [1.29, 1.82) is 0 Å². The molecule has 1 unspecified atom stereocenters. The minimum atomic E-state index is -4.99. The molecule has 0 bridgehead atoms. The van der Waals surface area contributed by atoms with Crippen LogP contribution in [-0.4, -0.2) is 29.8 Å². The summed E-state index contributed by atoms with van der Waals surface area (Å²) in [5.41, 5.74) is 3.79. The van der Waals surface area contributed by atoms with Gasteiger partial charge in [-0.05, 0) is 62.2 Å². The van der Waals surface area contributed by atoms with Gasteiger partial charge in [0.25, 0.3) is 5.91 Å². The lowest BCUT2D eigenvalue weighted by Gasteiger charge is -2.15. The quantitative estimate of drug-likeness (QED) is 0.513. The van der Waals surface area contributed by atoms with E-state index < -0.39 is 24.1 Å². The Morgan fingerprint density at radius 2 is 1.87 bits per heavy atom. The van der Waals surface area contributed by atoms with Gasteiger partial charge >= 0.3 is 12.1 Å². The second kappa shape index (κ2) is 9.62. The first-order valence-corrected chi connectivity index (χ1v) is 9.10. The van der Waals surface area contributed by atoms with E-state index in [9.17, 15) is 22.8 Å². The molecule has 0 aliphatic rings. The van der Waals surface area contributed by atoms with Crippen LogP contribution in [0.2, 0.25) is 5.02 Å². The Labute approximate surface area is 176 Å². The highest BCUT2D eigenvalue weighted by atomic mass is 35.5. The van der Waals surface area contributed by atoms with E-state index in [0.717, 1.165) is 5.56 Å². The SMILES string of the molecule is CC(=NNC(=O)C(C)Oc1ccc(Cl)cc1C)c1cccc(NC(=O)C(F)(F)F)c1. The monoisotopic (exact) mass is 441 g/mol. The van der Waals surface area contributed by atoms with Crippen LogP contribution in [0.1, 0.15) is 25.0 Å². The molecule has 30 heavy (non-hydrogen) atoms. The first-order valence-electron chi connectivity index (χ1n) is 8.73. The van der Waals surface area contributed by atoms with Crippen molar-refractivity contribution in [2.24, 2.45) is 5.10 Å². The minimum absolute atomic E-state index is 0.0504. The van der Waals surface area contributed by atoms with Crippen molar-refractivity contribution >= 4 is 34.8 Å². The molecule has 6 nitrogen and oxygen atoms in total. The first kappa shape index (κ1) is 23.2. The van der Waals surface area contributed by atoms with Crippen molar-refractivity contribution in [2.45, 2.75) is 33.1 Å². The Bertz CT molecular complexity index is 977. The fourth-order valence-electron chi connectivity index (χ4n) is 2.31. The lowest BCUT2D eigenvalue weighted by molar-refractivity contribution is -0.167. The van der Waals surface area contributed by atoms with E-state index in [0.29, 0.717) is 22.0 Å². The summed E-state index contributed by atoms with van der Waals surface area (Å²) in [6.07, 6.45) is -5.86. The van der Waals surface area contributed by atoms with Crippen LogP contribution >= 0.6 is 11.6 Å². The number of amides is 2. The largest absolute Gasteiger partial charge is 0.481 e. The number of hydrogen-bond acceptors (Lipinski definition) is 4. The molecule has 0 aliphatic heterocycles. The summed E-state index contributed by atoms with van der Waals surface area (Å²) in [6, 6.07) is 10.6. The molecule has 0 aromatic heterocycles. The van der Waals surface area contributed by atoms with E-state index in [2.05, 4.69) is 10.5 Å². The lowest BCUT2D eigenvalue weighted by Crippen LogP contribution is -2.34. The van der Waals surface area contributed by atoms with Gasteiger partial charge in [0.1, 0.15) is 5.75 Å². The van der Waals surface area contributed by atoms with Gasteiger partial charge in [-0.1, -0.05) is 23.7 Å². The number of benzene rings is 2. The molecule has 0 radical (unpaired) electrons. The van der Waals surface area contributed by atoms with E-state index in [4.69, 9.17) is 16.3 Å². The van der Waals surface area contributed by atoms with Crippen LogP contribution in [0.3, 0.4) is 0 Å². The van der Waals surface area contributed by atoms with Gasteiger partial charge in [0, 0.05) is 10.7 Å². The highest BCUT2D eigenvalue weighted by molar-refractivity contribution is 6.30. The molecule has 160 valence electrons. The van der Waals surface area contributed by atoms with Gasteiger partial charge in [-0.15, -0.1) is 0 Å². The zero-order chi connectivity index (χ0) is 22.5. The summed E-state index contributed by atoms with van der Waals surface area (Å²) in [4.78, 5) is 23.3. The fraction of sp³-hybridized carbons (Fsp3) is 0.250. The predicted octanol–water partition coefficient (Wildman–Crippen LogP) is 4.46. The van der Waals surface area contributed by atoms with Gasteiger partial charge in [-0.3, -0.25) is 9.59 Å². The molecule has 0 fully saturated rings. The fourth-order valence-corrected chi connectivity index (χ4v) is 2.53. The number of ether oxygens (including phenoxy) is 1. The van der Waals surface area contributed by atoms with Crippen LogP contribution in [0.15, 0.2) is 47.6 Å². The van der Waals surface area contributed by atoms with Gasteiger partial charge in [-0.25, -0.2) is 5.43 Å². The van der Waals surface area contributed by atoms with Crippen LogP contribution in [0.4, 0.5) is 18.9 Å². The molecule has 1 atom stereocenters. The zero-order valence-electron chi connectivity index (χ0n) is 16.3. The maximum atomic E-state index is 12.4. The Hall–Kier alpha value is -3.07. The van der Waals surface area contributed by atoms with E-state index in [1.165, 1.54) is 18.2 Å². The Kier molecular flexibility index (Phi) is 7.44. The molecular formula is C20H19ClF3N3O3. The Morgan fingerprint density at radius 3 is 2.50 bits per heavy atom. The molecule has 2 N–H and O–H groups in total. The smallest absolute Gasteiger partial charge is 0.471 e. The van der Waals surface area contributed by atoms with Gasteiger partial charge in [0.15, 0.2) is 6.10 Å². The van der Waals surface area contributed by atoms with Crippen LogP contribution < -0.4 is 15.5 Å².